The largest absolute Gasteiger partial charge is 0.480 e. The fourth-order valence-electron chi connectivity index (χ4n) is 1.51. The molecule has 1 aromatic rings. The summed E-state index contributed by atoms with van der Waals surface area (Å²) in [4.78, 5) is 26.6. The maximum absolute atomic E-state index is 11.7. The van der Waals surface area contributed by atoms with Crippen LogP contribution in [0.3, 0.4) is 0 Å². The van der Waals surface area contributed by atoms with E-state index in [9.17, 15) is 9.59 Å². The molecular weight excluding hydrogens is 254 g/mol. The van der Waals surface area contributed by atoms with Crippen LogP contribution < -0.4 is 11.1 Å². The Kier molecular flexibility index (Phi) is 5.08. The third kappa shape index (κ3) is 4.70. The van der Waals surface area contributed by atoms with E-state index in [-0.39, 0.29) is 18.2 Å². The monoisotopic (exact) mass is 271 g/mol. The molecule has 0 saturated heterocycles. The van der Waals surface area contributed by atoms with Crippen molar-refractivity contribution in [3.63, 3.8) is 0 Å². The van der Waals surface area contributed by atoms with Crippen LogP contribution in [0.15, 0.2) is 5.38 Å². The Balaban J connectivity index is 2.53. The van der Waals surface area contributed by atoms with Crippen LogP contribution in [0, 0.1) is 5.92 Å². The maximum atomic E-state index is 11.7. The van der Waals surface area contributed by atoms with E-state index in [1.807, 2.05) is 13.8 Å². The van der Waals surface area contributed by atoms with Crippen molar-refractivity contribution in [3.8, 4) is 0 Å². The standard InChI is InChI=1S/C11H17N3O3S/c1-6(2)3-8(10(16)17)14-9(15)4-7-5-18-11(12)13-7/h5-6,8H,3-4H2,1-2H3,(H2,12,13)(H,14,15)(H,16,17)/t8-/m0/s1. The van der Waals surface area contributed by atoms with Crippen LogP contribution in [0.25, 0.3) is 0 Å². The Labute approximate surface area is 109 Å². The molecule has 0 aliphatic heterocycles. The number of anilines is 1. The zero-order valence-corrected chi connectivity index (χ0v) is 11.2. The predicted molar refractivity (Wildman–Crippen MR) is 69.3 cm³/mol. The number of hydrogen-bond donors (Lipinski definition) is 3. The number of carbonyl (C=O) groups excluding carboxylic acids is 1. The van der Waals surface area contributed by atoms with E-state index in [4.69, 9.17) is 10.8 Å². The summed E-state index contributed by atoms with van der Waals surface area (Å²) in [6.07, 6.45) is 0.454. The van der Waals surface area contributed by atoms with Crippen molar-refractivity contribution in [2.75, 3.05) is 5.73 Å². The van der Waals surface area contributed by atoms with Crippen molar-refractivity contribution in [2.45, 2.75) is 32.7 Å². The normalized spacial score (nSPS) is 12.4. The van der Waals surface area contributed by atoms with Crippen molar-refractivity contribution in [1.82, 2.24) is 10.3 Å². The first-order valence-corrected chi connectivity index (χ1v) is 6.48. The van der Waals surface area contributed by atoms with Gasteiger partial charge in [0.1, 0.15) is 6.04 Å². The fourth-order valence-corrected chi connectivity index (χ4v) is 2.07. The van der Waals surface area contributed by atoms with Crippen LogP contribution in [0.4, 0.5) is 5.13 Å². The predicted octanol–water partition coefficient (Wildman–Crippen LogP) is 0.883. The molecule has 0 saturated carbocycles. The van der Waals surface area contributed by atoms with Crippen molar-refractivity contribution in [1.29, 1.82) is 0 Å². The molecule has 0 aliphatic rings. The topological polar surface area (TPSA) is 105 Å². The molecule has 7 heteroatoms. The van der Waals surface area contributed by atoms with Gasteiger partial charge >= 0.3 is 5.97 Å². The van der Waals surface area contributed by atoms with Gasteiger partial charge in [-0.3, -0.25) is 4.79 Å². The minimum Gasteiger partial charge on any atom is -0.480 e. The summed E-state index contributed by atoms with van der Waals surface area (Å²) < 4.78 is 0. The van der Waals surface area contributed by atoms with Crippen molar-refractivity contribution in [2.24, 2.45) is 5.92 Å². The van der Waals surface area contributed by atoms with Crippen molar-refractivity contribution in [3.05, 3.63) is 11.1 Å². The molecule has 4 N–H and O–H groups in total. The molecule has 0 bridgehead atoms. The SMILES string of the molecule is CC(C)C[C@H](NC(=O)Cc1csc(N)n1)C(=O)O. The number of carboxylic acids is 1. The van der Waals surface area contributed by atoms with E-state index in [1.165, 1.54) is 11.3 Å². The Morgan fingerprint density at radius 1 is 1.56 bits per heavy atom. The smallest absolute Gasteiger partial charge is 0.326 e. The van der Waals surface area contributed by atoms with Gasteiger partial charge in [-0.15, -0.1) is 11.3 Å². The highest BCUT2D eigenvalue weighted by Gasteiger charge is 2.21. The first-order chi connectivity index (χ1) is 8.38. The van der Waals surface area contributed by atoms with E-state index >= 15 is 0 Å². The zero-order valence-electron chi connectivity index (χ0n) is 10.3. The van der Waals surface area contributed by atoms with Gasteiger partial charge in [0.15, 0.2) is 5.13 Å². The molecule has 1 atom stereocenters. The van der Waals surface area contributed by atoms with Gasteiger partial charge in [-0.05, 0) is 12.3 Å². The highest BCUT2D eigenvalue weighted by Crippen LogP contribution is 2.11. The number of rotatable bonds is 6. The Morgan fingerprint density at radius 3 is 2.67 bits per heavy atom. The number of carboxylic acid groups (broad SMARTS) is 1. The van der Waals surface area contributed by atoms with Crippen LogP contribution >= 0.6 is 11.3 Å². The number of amides is 1. The quantitative estimate of drug-likeness (QED) is 0.712. The van der Waals surface area contributed by atoms with Crippen LogP contribution in [0.5, 0.6) is 0 Å². The van der Waals surface area contributed by atoms with Gasteiger partial charge in [0, 0.05) is 5.38 Å². The molecule has 0 aromatic carbocycles. The minimum absolute atomic E-state index is 0.0512. The zero-order chi connectivity index (χ0) is 13.7. The Morgan fingerprint density at radius 2 is 2.22 bits per heavy atom. The van der Waals surface area contributed by atoms with Gasteiger partial charge in [-0.25, -0.2) is 9.78 Å². The molecule has 100 valence electrons. The number of aliphatic carboxylic acids is 1. The Hall–Kier alpha value is -1.63. The average Bonchev–Trinajstić information content (AvgIpc) is 2.62. The summed E-state index contributed by atoms with van der Waals surface area (Å²) in [5, 5.41) is 13.6. The first-order valence-electron chi connectivity index (χ1n) is 5.60. The molecule has 0 aliphatic carbocycles. The number of nitrogens with two attached hydrogens (primary N) is 1. The molecule has 0 unspecified atom stereocenters. The van der Waals surface area contributed by atoms with E-state index < -0.39 is 12.0 Å². The summed E-state index contributed by atoms with van der Waals surface area (Å²) in [6.45, 7) is 3.81. The summed E-state index contributed by atoms with van der Waals surface area (Å²) in [5.41, 5.74) is 6.01. The molecule has 0 fully saturated rings. The van der Waals surface area contributed by atoms with Crippen LogP contribution in [0.2, 0.25) is 0 Å². The molecule has 0 radical (unpaired) electrons. The van der Waals surface area contributed by atoms with Gasteiger partial charge in [-0.1, -0.05) is 13.8 Å². The summed E-state index contributed by atoms with van der Waals surface area (Å²) >= 11 is 1.25. The molecule has 0 spiro atoms. The first kappa shape index (κ1) is 14.4. The molecule has 1 aromatic heterocycles. The summed E-state index contributed by atoms with van der Waals surface area (Å²) in [5.74, 6) is -1.18. The number of nitrogens with zero attached hydrogens (tertiary/aromatic N) is 1. The summed E-state index contributed by atoms with van der Waals surface area (Å²) in [6, 6.07) is -0.853. The highest BCUT2D eigenvalue weighted by molar-refractivity contribution is 7.13. The van der Waals surface area contributed by atoms with Gasteiger partial charge in [0.05, 0.1) is 12.1 Å². The molecule has 1 amide bonds. The second kappa shape index (κ2) is 6.34. The Bertz CT molecular complexity index is 431. The summed E-state index contributed by atoms with van der Waals surface area (Å²) in [7, 11) is 0. The lowest BCUT2D eigenvalue weighted by Gasteiger charge is -2.16. The minimum atomic E-state index is -1.02. The van der Waals surface area contributed by atoms with Gasteiger partial charge < -0.3 is 16.2 Å². The molecule has 1 rings (SSSR count). The van der Waals surface area contributed by atoms with Crippen molar-refractivity contribution >= 4 is 28.3 Å². The molecule has 6 nitrogen and oxygen atoms in total. The number of aromatic nitrogens is 1. The number of carbonyl (C=O) groups is 2. The van der Waals surface area contributed by atoms with E-state index in [0.717, 1.165) is 0 Å². The van der Waals surface area contributed by atoms with E-state index in [0.29, 0.717) is 17.2 Å². The lowest BCUT2D eigenvalue weighted by molar-refractivity contribution is -0.142. The van der Waals surface area contributed by atoms with Crippen LogP contribution in [0.1, 0.15) is 26.0 Å². The molecular formula is C11H17N3O3S. The second-order valence-corrected chi connectivity index (χ2v) is 5.33. The van der Waals surface area contributed by atoms with Gasteiger partial charge in [0.25, 0.3) is 0 Å². The lowest BCUT2D eigenvalue weighted by Crippen LogP contribution is -2.42. The second-order valence-electron chi connectivity index (χ2n) is 4.44. The number of nitrogen functional groups attached to an aromatic ring is 1. The number of thiazole rings is 1. The van der Waals surface area contributed by atoms with Crippen molar-refractivity contribution < 1.29 is 14.7 Å². The molecule has 1 heterocycles. The van der Waals surface area contributed by atoms with Gasteiger partial charge in [-0.2, -0.15) is 0 Å². The number of hydrogen-bond acceptors (Lipinski definition) is 5. The highest BCUT2D eigenvalue weighted by atomic mass is 32.1. The third-order valence-electron chi connectivity index (χ3n) is 2.25. The van der Waals surface area contributed by atoms with E-state index in [2.05, 4.69) is 10.3 Å². The third-order valence-corrected chi connectivity index (χ3v) is 2.97. The average molecular weight is 271 g/mol. The maximum Gasteiger partial charge on any atom is 0.326 e. The van der Waals surface area contributed by atoms with Crippen LogP contribution in [-0.2, 0) is 16.0 Å². The lowest BCUT2D eigenvalue weighted by atomic mass is 10.0. The fraction of sp³-hybridized carbons (Fsp3) is 0.545. The molecule has 18 heavy (non-hydrogen) atoms. The number of nitrogens with one attached hydrogen (secondary N) is 1. The van der Waals surface area contributed by atoms with E-state index in [1.54, 1.807) is 5.38 Å². The van der Waals surface area contributed by atoms with Gasteiger partial charge in [0.2, 0.25) is 5.91 Å². The van der Waals surface area contributed by atoms with Crippen LogP contribution in [-0.4, -0.2) is 28.0 Å².